The molecule has 0 fully saturated rings. The molecule has 98 valence electrons. The van der Waals surface area contributed by atoms with Gasteiger partial charge >= 0.3 is 0 Å². The molecule has 0 bridgehead atoms. The number of hydrogen-bond acceptors (Lipinski definition) is 2. The van der Waals surface area contributed by atoms with Crippen LogP contribution in [0.25, 0.3) is 0 Å². The van der Waals surface area contributed by atoms with Gasteiger partial charge in [-0.25, -0.2) is 0 Å². The summed E-state index contributed by atoms with van der Waals surface area (Å²) in [5, 5.41) is 10.2. The number of phenols is 1. The lowest BCUT2D eigenvalue weighted by atomic mass is 10.1. The first kappa shape index (κ1) is 13.4. The van der Waals surface area contributed by atoms with Crippen molar-refractivity contribution < 1.29 is 9.90 Å². The maximum Gasteiger partial charge on any atom is 0.261 e. The van der Waals surface area contributed by atoms with E-state index >= 15 is 0 Å². The number of halogens is 1. The highest BCUT2D eigenvalue weighted by Crippen LogP contribution is 2.26. The minimum atomic E-state index is -0.275. The number of aromatic hydroxyl groups is 1. The van der Waals surface area contributed by atoms with E-state index in [1.807, 2.05) is 31.2 Å². The fourth-order valence-corrected chi connectivity index (χ4v) is 2.08. The molecule has 0 aliphatic rings. The molecule has 2 rings (SSSR count). The third-order valence-electron chi connectivity index (χ3n) is 2.97. The van der Waals surface area contributed by atoms with E-state index in [4.69, 9.17) is 11.6 Å². The molecule has 0 heterocycles. The average molecular weight is 276 g/mol. The Hall–Kier alpha value is -2.00. The van der Waals surface area contributed by atoms with E-state index in [0.717, 1.165) is 11.3 Å². The number of aryl methyl sites for hydroxylation is 1. The van der Waals surface area contributed by atoms with Gasteiger partial charge in [0.2, 0.25) is 0 Å². The summed E-state index contributed by atoms with van der Waals surface area (Å²) in [5.74, 6) is -0.388. The molecule has 4 heteroatoms. The van der Waals surface area contributed by atoms with Crippen molar-refractivity contribution in [3.05, 3.63) is 58.6 Å². The highest BCUT2D eigenvalue weighted by atomic mass is 35.5. The van der Waals surface area contributed by atoms with Gasteiger partial charge in [0.25, 0.3) is 5.91 Å². The van der Waals surface area contributed by atoms with Crippen molar-refractivity contribution in [2.45, 2.75) is 6.92 Å². The number of amides is 1. The van der Waals surface area contributed by atoms with Crippen LogP contribution in [0.5, 0.6) is 5.75 Å². The summed E-state index contributed by atoms with van der Waals surface area (Å²) in [4.78, 5) is 13.9. The average Bonchev–Trinajstić information content (AvgIpc) is 2.38. The van der Waals surface area contributed by atoms with Crippen molar-refractivity contribution in [2.75, 3.05) is 11.9 Å². The number of rotatable bonds is 2. The van der Waals surface area contributed by atoms with Crippen LogP contribution in [0.4, 0.5) is 5.69 Å². The summed E-state index contributed by atoms with van der Waals surface area (Å²) in [6.45, 7) is 1.93. The Bertz CT molecular complexity index is 625. The predicted molar refractivity (Wildman–Crippen MR) is 77.0 cm³/mol. The Kier molecular flexibility index (Phi) is 3.76. The maximum atomic E-state index is 12.4. The van der Waals surface area contributed by atoms with Gasteiger partial charge in [-0.05, 0) is 36.8 Å². The first-order valence-electron chi connectivity index (χ1n) is 5.83. The lowest BCUT2D eigenvalue weighted by Gasteiger charge is -2.20. The number of anilines is 1. The van der Waals surface area contributed by atoms with E-state index in [1.54, 1.807) is 13.1 Å². The second-order valence-electron chi connectivity index (χ2n) is 4.31. The van der Waals surface area contributed by atoms with Gasteiger partial charge in [-0.3, -0.25) is 4.79 Å². The zero-order chi connectivity index (χ0) is 14.0. The first-order valence-corrected chi connectivity index (χ1v) is 6.20. The molecule has 0 atom stereocenters. The van der Waals surface area contributed by atoms with Crippen LogP contribution in [0.15, 0.2) is 42.5 Å². The second-order valence-corrected chi connectivity index (χ2v) is 4.75. The molecule has 0 unspecified atom stereocenters. The van der Waals surface area contributed by atoms with Gasteiger partial charge < -0.3 is 10.0 Å². The van der Waals surface area contributed by atoms with Crippen LogP contribution >= 0.6 is 11.6 Å². The van der Waals surface area contributed by atoms with E-state index in [-0.39, 0.29) is 17.2 Å². The number of nitrogens with zero attached hydrogens (tertiary/aromatic N) is 1. The molecule has 0 radical (unpaired) electrons. The molecular weight excluding hydrogens is 262 g/mol. The molecule has 0 spiro atoms. The molecular formula is C15H14ClNO2. The van der Waals surface area contributed by atoms with Crippen molar-refractivity contribution in [1.29, 1.82) is 0 Å². The summed E-state index contributed by atoms with van der Waals surface area (Å²) in [7, 11) is 1.68. The van der Waals surface area contributed by atoms with Gasteiger partial charge in [-0.15, -0.1) is 0 Å². The van der Waals surface area contributed by atoms with E-state index in [9.17, 15) is 9.90 Å². The zero-order valence-corrected chi connectivity index (χ0v) is 11.5. The van der Waals surface area contributed by atoms with Crippen LogP contribution in [-0.4, -0.2) is 18.1 Å². The van der Waals surface area contributed by atoms with Gasteiger partial charge in [-0.2, -0.15) is 0 Å². The van der Waals surface area contributed by atoms with Crippen LogP contribution in [0.1, 0.15) is 15.9 Å². The van der Waals surface area contributed by atoms with Gasteiger partial charge in [0.1, 0.15) is 5.75 Å². The van der Waals surface area contributed by atoms with Crippen LogP contribution in [0, 0.1) is 6.92 Å². The third-order valence-corrected chi connectivity index (χ3v) is 3.21. The maximum absolute atomic E-state index is 12.4. The van der Waals surface area contributed by atoms with Crippen LogP contribution in [0.3, 0.4) is 0 Å². The Labute approximate surface area is 117 Å². The molecule has 0 aromatic heterocycles. The van der Waals surface area contributed by atoms with Crippen LogP contribution in [-0.2, 0) is 0 Å². The summed E-state index contributed by atoms with van der Waals surface area (Å²) in [5.41, 5.74) is 2.03. The van der Waals surface area contributed by atoms with Gasteiger partial charge in [0.15, 0.2) is 0 Å². The Morgan fingerprint density at radius 1 is 1.21 bits per heavy atom. The van der Waals surface area contributed by atoms with Crippen LogP contribution < -0.4 is 4.90 Å². The monoisotopic (exact) mass is 275 g/mol. The fraction of sp³-hybridized carbons (Fsp3) is 0.133. The van der Waals surface area contributed by atoms with E-state index in [1.165, 1.54) is 17.0 Å². The van der Waals surface area contributed by atoms with Crippen LogP contribution in [0.2, 0.25) is 5.02 Å². The summed E-state index contributed by atoms with van der Waals surface area (Å²) >= 11 is 5.76. The van der Waals surface area contributed by atoms with Gasteiger partial charge in [0, 0.05) is 17.8 Å². The number of benzene rings is 2. The Morgan fingerprint density at radius 3 is 2.53 bits per heavy atom. The second kappa shape index (κ2) is 5.33. The summed E-state index contributed by atoms with van der Waals surface area (Å²) < 4.78 is 0. The van der Waals surface area contributed by atoms with Crippen molar-refractivity contribution >= 4 is 23.2 Å². The standard InChI is InChI=1S/C15H14ClNO2/c1-10-5-3-4-6-13(10)17(2)15(19)12-8-7-11(16)9-14(12)18/h3-9,18H,1-2H3. The molecule has 0 aliphatic heterocycles. The highest BCUT2D eigenvalue weighted by Gasteiger charge is 2.18. The lowest BCUT2D eigenvalue weighted by molar-refractivity contribution is 0.0990. The van der Waals surface area contributed by atoms with E-state index < -0.39 is 0 Å². The lowest BCUT2D eigenvalue weighted by Crippen LogP contribution is -2.26. The molecule has 3 nitrogen and oxygen atoms in total. The number of phenolic OH excluding ortho intramolecular Hbond substituents is 1. The molecule has 1 amide bonds. The molecule has 19 heavy (non-hydrogen) atoms. The van der Waals surface area contributed by atoms with Crippen molar-refractivity contribution in [2.24, 2.45) is 0 Å². The Balaban J connectivity index is 2.37. The smallest absolute Gasteiger partial charge is 0.261 e. The van der Waals surface area contributed by atoms with E-state index in [0.29, 0.717) is 5.02 Å². The van der Waals surface area contributed by atoms with E-state index in [2.05, 4.69) is 0 Å². The number of hydrogen-bond donors (Lipinski definition) is 1. The molecule has 0 saturated heterocycles. The number of carbonyl (C=O) groups excluding carboxylic acids is 1. The van der Waals surface area contributed by atoms with Crippen molar-refractivity contribution in [3.63, 3.8) is 0 Å². The SMILES string of the molecule is Cc1ccccc1N(C)C(=O)c1ccc(Cl)cc1O. The number of carbonyl (C=O) groups is 1. The summed E-state index contributed by atoms with van der Waals surface area (Å²) in [6, 6.07) is 12.0. The van der Waals surface area contributed by atoms with Crippen molar-refractivity contribution in [3.8, 4) is 5.75 Å². The fourth-order valence-electron chi connectivity index (χ4n) is 1.92. The normalized spacial score (nSPS) is 10.3. The Morgan fingerprint density at radius 2 is 1.89 bits per heavy atom. The first-order chi connectivity index (χ1) is 9.00. The largest absolute Gasteiger partial charge is 0.507 e. The minimum absolute atomic E-state index is 0.113. The molecule has 0 aliphatic carbocycles. The molecule has 1 N–H and O–H groups in total. The van der Waals surface area contributed by atoms with Gasteiger partial charge in [-0.1, -0.05) is 29.8 Å². The third kappa shape index (κ3) is 2.71. The van der Waals surface area contributed by atoms with Gasteiger partial charge in [0.05, 0.1) is 5.56 Å². The predicted octanol–water partition coefficient (Wildman–Crippen LogP) is 3.63. The number of para-hydroxylation sites is 1. The minimum Gasteiger partial charge on any atom is -0.507 e. The molecule has 2 aromatic carbocycles. The zero-order valence-electron chi connectivity index (χ0n) is 10.7. The quantitative estimate of drug-likeness (QED) is 0.909. The highest BCUT2D eigenvalue weighted by molar-refractivity contribution is 6.31. The molecule has 2 aromatic rings. The topological polar surface area (TPSA) is 40.5 Å². The summed E-state index contributed by atoms with van der Waals surface area (Å²) in [6.07, 6.45) is 0. The van der Waals surface area contributed by atoms with Crippen molar-refractivity contribution in [1.82, 2.24) is 0 Å². The molecule has 0 saturated carbocycles.